The fourth-order valence-corrected chi connectivity index (χ4v) is 6.12. The highest BCUT2D eigenvalue weighted by Crippen LogP contribution is 2.57. The Morgan fingerprint density at radius 3 is 1.90 bits per heavy atom. The van der Waals surface area contributed by atoms with Crippen LogP contribution in [0.5, 0.6) is 0 Å². The zero-order valence-corrected chi connectivity index (χ0v) is 20.0. The van der Waals surface area contributed by atoms with E-state index >= 15 is 0 Å². The van der Waals surface area contributed by atoms with E-state index in [0.717, 1.165) is 36.6 Å². The summed E-state index contributed by atoms with van der Waals surface area (Å²) in [7, 11) is 0. The van der Waals surface area contributed by atoms with Crippen molar-refractivity contribution in [1.82, 2.24) is 0 Å². The Kier molecular flexibility index (Phi) is 5.65. The summed E-state index contributed by atoms with van der Waals surface area (Å²) in [4.78, 5) is 12.7. The van der Waals surface area contributed by atoms with Gasteiger partial charge in [0.2, 0.25) is 0 Å². The van der Waals surface area contributed by atoms with Gasteiger partial charge in [-0.25, -0.2) is 0 Å². The standard InChI is InChI=1S/C25H35BrO3/c1-6-24(2,3)23(27)28-21-15-11-17-13-16(21)14-18(12-15)22(17)29-25(4,5)19-7-9-20(26)10-8-19/h7-10,15-18,21-22H,6,11-14H2,1-5H3. The molecule has 0 spiro atoms. The molecule has 0 heterocycles. The second-order valence-corrected chi connectivity index (χ2v) is 11.6. The lowest BCUT2D eigenvalue weighted by Crippen LogP contribution is -2.58. The van der Waals surface area contributed by atoms with E-state index in [1.54, 1.807) is 0 Å². The van der Waals surface area contributed by atoms with E-state index in [9.17, 15) is 4.79 Å². The summed E-state index contributed by atoms with van der Waals surface area (Å²) >= 11 is 3.52. The van der Waals surface area contributed by atoms with Gasteiger partial charge in [0.1, 0.15) is 6.10 Å². The molecule has 0 radical (unpaired) electrons. The van der Waals surface area contributed by atoms with Crippen molar-refractivity contribution in [2.24, 2.45) is 29.1 Å². The molecule has 4 bridgehead atoms. The first-order chi connectivity index (χ1) is 13.6. The topological polar surface area (TPSA) is 35.5 Å². The van der Waals surface area contributed by atoms with Gasteiger partial charge in [-0.15, -0.1) is 0 Å². The van der Waals surface area contributed by atoms with Crippen LogP contribution in [0.3, 0.4) is 0 Å². The number of hydrogen-bond donors (Lipinski definition) is 0. The van der Waals surface area contributed by atoms with Gasteiger partial charge in [0, 0.05) is 4.47 Å². The van der Waals surface area contributed by atoms with Gasteiger partial charge in [-0.05, 0) is 101 Å². The Hall–Kier alpha value is -0.870. The molecular weight excluding hydrogens is 428 g/mol. The second kappa shape index (κ2) is 7.67. The van der Waals surface area contributed by atoms with Crippen LogP contribution in [-0.2, 0) is 19.9 Å². The Morgan fingerprint density at radius 2 is 1.41 bits per heavy atom. The third-order valence-corrected chi connectivity index (χ3v) is 8.46. The van der Waals surface area contributed by atoms with Crippen LogP contribution in [0, 0.1) is 29.1 Å². The summed E-state index contributed by atoms with van der Waals surface area (Å²) in [5.41, 5.74) is 0.551. The van der Waals surface area contributed by atoms with Crippen molar-refractivity contribution in [3.63, 3.8) is 0 Å². The highest BCUT2D eigenvalue weighted by atomic mass is 79.9. The van der Waals surface area contributed by atoms with Crippen molar-refractivity contribution in [3.05, 3.63) is 34.3 Å². The molecule has 5 rings (SSSR count). The van der Waals surface area contributed by atoms with E-state index in [-0.39, 0.29) is 23.1 Å². The highest BCUT2D eigenvalue weighted by molar-refractivity contribution is 9.10. The van der Waals surface area contributed by atoms with Crippen molar-refractivity contribution >= 4 is 21.9 Å². The number of rotatable bonds is 6. The largest absolute Gasteiger partial charge is 0.461 e. The molecule has 3 nitrogen and oxygen atoms in total. The lowest BCUT2D eigenvalue weighted by atomic mass is 9.53. The van der Waals surface area contributed by atoms with E-state index in [0.29, 0.717) is 29.8 Å². The number of esters is 1. The average Bonchev–Trinajstić information content (AvgIpc) is 2.66. The van der Waals surface area contributed by atoms with E-state index in [4.69, 9.17) is 9.47 Å². The molecule has 0 N–H and O–H groups in total. The van der Waals surface area contributed by atoms with E-state index < -0.39 is 0 Å². The Bertz CT molecular complexity index is 722. The third-order valence-electron chi connectivity index (χ3n) is 7.93. The molecule has 4 fully saturated rings. The maximum Gasteiger partial charge on any atom is 0.311 e. The molecule has 4 heteroatoms. The zero-order valence-electron chi connectivity index (χ0n) is 18.4. The molecule has 1 aromatic rings. The molecule has 0 amide bonds. The first-order valence-electron chi connectivity index (χ1n) is 11.3. The maximum atomic E-state index is 12.7. The quantitative estimate of drug-likeness (QED) is 0.453. The van der Waals surface area contributed by atoms with E-state index in [1.165, 1.54) is 5.56 Å². The highest BCUT2D eigenvalue weighted by Gasteiger charge is 2.56. The van der Waals surface area contributed by atoms with Crippen LogP contribution >= 0.6 is 15.9 Å². The number of ether oxygens (including phenoxy) is 2. The molecule has 160 valence electrons. The van der Waals surface area contributed by atoms with Crippen molar-refractivity contribution in [3.8, 4) is 0 Å². The number of carbonyl (C=O) groups is 1. The first kappa shape index (κ1) is 21.4. The molecule has 0 atom stereocenters. The molecule has 4 aliphatic rings. The molecule has 29 heavy (non-hydrogen) atoms. The summed E-state index contributed by atoms with van der Waals surface area (Å²) < 4.78 is 14.0. The predicted octanol–water partition coefficient (Wildman–Crippen LogP) is 6.48. The monoisotopic (exact) mass is 462 g/mol. The maximum absolute atomic E-state index is 12.7. The number of halogens is 1. The van der Waals surface area contributed by atoms with Gasteiger partial charge in [-0.2, -0.15) is 0 Å². The summed E-state index contributed by atoms with van der Waals surface area (Å²) in [6.45, 7) is 10.4. The van der Waals surface area contributed by atoms with Crippen LogP contribution in [0.15, 0.2) is 28.7 Å². The smallest absolute Gasteiger partial charge is 0.311 e. The van der Waals surface area contributed by atoms with Gasteiger partial charge in [0.25, 0.3) is 0 Å². The zero-order chi connectivity index (χ0) is 21.0. The molecule has 0 saturated heterocycles. The predicted molar refractivity (Wildman–Crippen MR) is 118 cm³/mol. The van der Waals surface area contributed by atoms with Gasteiger partial charge in [-0.3, -0.25) is 4.79 Å². The average molecular weight is 463 g/mol. The molecule has 0 aliphatic heterocycles. The Labute approximate surface area is 184 Å². The molecule has 1 aromatic carbocycles. The number of carbonyl (C=O) groups excluding carboxylic acids is 1. The fourth-order valence-electron chi connectivity index (χ4n) is 5.86. The minimum Gasteiger partial charge on any atom is -0.461 e. The van der Waals surface area contributed by atoms with Crippen molar-refractivity contribution in [2.75, 3.05) is 0 Å². The van der Waals surface area contributed by atoms with E-state index in [1.807, 2.05) is 13.8 Å². The number of benzene rings is 1. The summed E-state index contributed by atoms with van der Waals surface area (Å²) in [6.07, 6.45) is 5.82. The fraction of sp³-hybridized carbons (Fsp3) is 0.720. The van der Waals surface area contributed by atoms with Gasteiger partial charge < -0.3 is 9.47 Å². The molecule has 0 unspecified atom stereocenters. The second-order valence-electron chi connectivity index (χ2n) is 10.7. The third kappa shape index (κ3) is 4.04. The normalized spacial score (nSPS) is 33.7. The Balaban J connectivity index is 1.43. The number of hydrogen-bond acceptors (Lipinski definition) is 3. The summed E-state index contributed by atoms with van der Waals surface area (Å²) in [5, 5.41) is 0. The SMILES string of the molecule is CCC(C)(C)C(=O)OC1C2CC3CC1CC(C2)C3OC(C)(C)c1ccc(Br)cc1. The van der Waals surface area contributed by atoms with Crippen molar-refractivity contribution in [2.45, 2.75) is 84.5 Å². The summed E-state index contributed by atoms with van der Waals surface area (Å²) in [6, 6.07) is 8.50. The van der Waals surface area contributed by atoms with Crippen molar-refractivity contribution < 1.29 is 14.3 Å². The van der Waals surface area contributed by atoms with Crippen LogP contribution in [-0.4, -0.2) is 18.2 Å². The van der Waals surface area contributed by atoms with Crippen LogP contribution in [0.4, 0.5) is 0 Å². The molecule has 0 aromatic heterocycles. The minimum absolute atomic E-state index is 0.0124. The van der Waals surface area contributed by atoms with Crippen molar-refractivity contribution in [1.29, 1.82) is 0 Å². The van der Waals surface area contributed by atoms with Crippen LogP contribution in [0.25, 0.3) is 0 Å². The lowest BCUT2D eigenvalue weighted by molar-refractivity contribution is -0.219. The van der Waals surface area contributed by atoms with E-state index in [2.05, 4.69) is 61.0 Å². The van der Waals surface area contributed by atoms with Crippen LogP contribution < -0.4 is 0 Å². The van der Waals surface area contributed by atoms with Gasteiger partial charge in [-0.1, -0.05) is 35.0 Å². The molecular formula is C25H35BrO3. The van der Waals surface area contributed by atoms with Crippen LogP contribution in [0.2, 0.25) is 0 Å². The molecule has 4 saturated carbocycles. The van der Waals surface area contributed by atoms with Crippen LogP contribution in [0.1, 0.15) is 72.3 Å². The lowest BCUT2D eigenvalue weighted by Gasteiger charge is -2.58. The Morgan fingerprint density at radius 1 is 0.931 bits per heavy atom. The van der Waals surface area contributed by atoms with Gasteiger partial charge in [0.15, 0.2) is 0 Å². The van der Waals surface area contributed by atoms with Gasteiger partial charge in [0.05, 0.1) is 17.1 Å². The summed E-state index contributed by atoms with van der Waals surface area (Å²) in [5.74, 6) is 2.22. The minimum atomic E-state index is -0.380. The van der Waals surface area contributed by atoms with Gasteiger partial charge >= 0.3 is 5.97 Å². The molecule has 4 aliphatic carbocycles. The first-order valence-corrected chi connectivity index (χ1v) is 12.0.